The normalized spacial score (nSPS) is 10.4. The van der Waals surface area contributed by atoms with Crippen molar-refractivity contribution in [3.05, 3.63) is 51.4 Å². The molecule has 0 aliphatic carbocycles. The number of hydrogen-bond acceptors (Lipinski definition) is 6. The molecule has 0 atom stereocenters. The summed E-state index contributed by atoms with van der Waals surface area (Å²) in [5.41, 5.74) is 2.62. The van der Waals surface area contributed by atoms with E-state index in [-0.39, 0.29) is 11.6 Å². The van der Waals surface area contributed by atoms with Crippen molar-refractivity contribution < 1.29 is 14.2 Å². The molecule has 8 heteroatoms. The Morgan fingerprint density at radius 2 is 1.96 bits per heavy atom. The van der Waals surface area contributed by atoms with E-state index in [1.807, 2.05) is 13.8 Å². The molecule has 1 amide bonds. The highest BCUT2D eigenvalue weighted by Gasteiger charge is 2.10. The summed E-state index contributed by atoms with van der Waals surface area (Å²) in [6, 6.07) is 6.14. The van der Waals surface area contributed by atoms with Gasteiger partial charge in [-0.3, -0.25) is 14.9 Å². The molecular weight excluding hydrogens is 312 g/mol. The molecule has 0 spiro atoms. The van der Waals surface area contributed by atoms with E-state index >= 15 is 0 Å². The molecule has 1 aromatic heterocycles. The number of nitrogens with zero attached hydrogens (tertiary/aromatic N) is 2. The average Bonchev–Trinajstić information content (AvgIpc) is 2.88. The number of benzene rings is 1. The van der Waals surface area contributed by atoms with Crippen LogP contribution in [0.1, 0.15) is 23.4 Å². The molecule has 2 aromatic rings. The van der Waals surface area contributed by atoms with Gasteiger partial charge in [0.25, 0.3) is 5.69 Å². The van der Waals surface area contributed by atoms with E-state index in [0.717, 1.165) is 22.7 Å². The molecule has 0 bridgehead atoms. The van der Waals surface area contributed by atoms with Crippen LogP contribution in [0.4, 0.5) is 11.4 Å². The monoisotopic (exact) mass is 332 g/mol. The molecule has 0 fully saturated rings. The second-order valence-electron chi connectivity index (χ2n) is 5.38. The zero-order valence-electron chi connectivity index (χ0n) is 13.7. The fourth-order valence-corrected chi connectivity index (χ4v) is 2.30. The molecule has 0 aliphatic heterocycles. The lowest BCUT2D eigenvalue weighted by Gasteiger charge is -2.08. The van der Waals surface area contributed by atoms with Gasteiger partial charge in [0.2, 0.25) is 5.91 Å². The Balaban J connectivity index is 1.66. The van der Waals surface area contributed by atoms with Crippen molar-refractivity contribution in [2.75, 3.05) is 18.4 Å². The van der Waals surface area contributed by atoms with Crippen molar-refractivity contribution in [2.24, 2.45) is 0 Å². The van der Waals surface area contributed by atoms with Crippen molar-refractivity contribution in [1.82, 2.24) is 10.5 Å². The molecular formula is C16H20N4O4. The van der Waals surface area contributed by atoms with Crippen molar-refractivity contribution in [1.29, 1.82) is 0 Å². The average molecular weight is 332 g/mol. The Morgan fingerprint density at radius 3 is 2.54 bits per heavy atom. The van der Waals surface area contributed by atoms with Crippen molar-refractivity contribution >= 4 is 17.3 Å². The van der Waals surface area contributed by atoms with E-state index in [9.17, 15) is 14.9 Å². The smallest absolute Gasteiger partial charge is 0.269 e. The molecule has 2 N–H and O–H groups in total. The predicted octanol–water partition coefficient (Wildman–Crippen LogP) is 2.36. The Labute approximate surface area is 139 Å². The summed E-state index contributed by atoms with van der Waals surface area (Å²) in [5.74, 6) is 0.709. The van der Waals surface area contributed by atoms with Gasteiger partial charge in [-0.05, 0) is 32.4 Å². The minimum absolute atomic E-state index is 0.0412. The number of aromatic nitrogens is 1. The number of anilines is 1. The zero-order chi connectivity index (χ0) is 17.5. The number of amides is 1. The van der Waals surface area contributed by atoms with Gasteiger partial charge in [0, 0.05) is 42.9 Å². The maximum atomic E-state index is 11.8. The van der Waals surface area contributed by atoms with Gasteiger partial charge in [-0.15, -0.1) is 0 Å². The number of hydrogen-bond donors (Lipinski definition) is 2. The third-order valence-electron chi connectivity index (χ3n) is 3.64. The maximum Gasteiger partial charge on any atom is 0.269 e. The van der Waals surface area contributed by atoms with Crippen LogP contribution < -0.4 is 10.6 Å². The molecule has 0 radical (unpaired) electrons. The van der Waals surface area contributed by atoms with Crippen LogP contribution in [-0.2, 0) is 11.2 Å². The Bertz CT molecular complexity index is 690. The van der Waals surface area contributed by atoms with Crippen LogP contribution in [0.15, 0.2) is 28.8 Å². The zero-order valence-corrected chi connectivity index (χ0v) is 13.7. The van der Waals surface area contributed by atoms with E-state index in [1.165, 1.54) is 12.1 Å². The summed E-state index contributed by atoms with van der Waals surface area (Å²) in [7, 11) is 0. The fourth-order valence-electron chi connectivity index (χ4n) is 2.30. The number of aryl methyl sites for hydroxylation is 2. The number of nitro groups is 1. The molecule has 0 saturated carbocycles. The quantitative estimate of drug-likeness (QED) is 0.436. The maximum absolute atomic E-state index is 11.8. The van der Waals surface area contributed by atoms with Crippen LogP contribution in [0.3, 0.4) is 0 Å². The molecule has 1 heterocycles. The van der Waals surface area contributed by atoms with Crippen molar-refractivity contribution in [2.45, 2.75) is 26.7 Å². The number of carbonyl (C=O) groups is 1. The van der Waals surface area contributed by atoms with Gasteiger partial charge in [0.05, 0.1) is 10.6 Å². The molecule has 1 aromatic carbocycles. The number of carbonyl (C=O) groups excluding carboxylic acids is 1. The molecule has 8 nitrogen and oxygen atoms in total. The molecule has 0 saturated heterocycles. The summed E-state index contributed by atoms with van der Waals surface area (Å²) in [6.45, 7) is 4.70. The Morgan fingerprint density at radius 1 is 1.25 bits per heavy atom. The van der Waals surface area contributed by atoms with E-state index in [0.29, 0.717) is 25.9 Å². The van der Waals surface area contributed by atoms with E-state index in [1.54, 1.807) is 12.1 Å². The number of non-ortho nitro benzene ring substituents is 1. The lowest BCUT2D eigenvalue weighted by atomic mass is 10.1. The number of rotatable bonds is 8. The highest BCUT2D eigenvalue weighted by atomic mass is 16.6. The SMILES string of the molecule is Cc1noc(C)c1CCC(=O)NCCNc1ccc([N+](=O)[O-])cc1. The van der Waals surface area contributed by atoms with Gasteiger partial charge in [-0.25, -0.2) is 0 Å². The minimum atomic E-state index is -0.442. The third-order valence-corrected chi connectivity index (χ3v) is 3.64. The van der Waals surface area contributed by atoms with E-state index < -0.39 is 4.92 Å². The van der Waals surface area contributed by atoms with Crippen molar-refractivity contribution in [3.63, 3.8) is 0 Å². The van der Waals surface area contributed by atoms with Crippen LogP contribution in [-0.4, -0.2) is 29.1 Å². The molecule has 0 unspecified atom stereocenters. The summed E-state index contributed by atoms with van der Waals surface area (Å²) in [4.78, 5) is 21.9. The highest BCUT2D eigenvalue weighted by molar-refractivity contribution is 5.76. The lowest BCUT2D eigenvalue weighted by molar-refractivity contribution is -0.384. The van der Waals surface area contributed by atoms with Gasteiger partial charge >= 0.3 is 0 Å². The Hall–Kier alpha value is -2.90. The van der Waals surface area contributed by atoms with Gasteiger partial charge in [-0.1, -0.05) is 5.16 Å². The first-order valence-electron chi connectivity index (χ1n) is 7.64. The van der Waals surface area contributed by atoms with Crippen molar-refractivity contribution in [3.8, 4) is 0 Å². The van der Waals surface area contributed by atoms with Crippen LogP contribution in [0.2, 0.25) is 0 Å². The third kappa shape index (κ3) is 4.80. The van der Waals surface area contributed by atoms with E-state index in [4.69, 9.17) is 4.52 Å². The first-order valence-corrected chi connectivity index (χ1v) is 7.64. The number of nitro benzene ring substituents is 1. The van der Waals surface area contributed by atoms with Gasteiger partial charge in [0.1, 0.15) is 5.76 Å². The Kier molecular flexibility index (Phi) is 5.89. The lowest BCUT2D eigenvalue weighted by Crippen LogP contribution is -2.28. The van der Waals surface area contributed by atoms with Crippen LogP contribution in [0.5, 0.6) is 0 Å². The molecule has 24 heavy (non-hydrogen) atoms. The van der Waals surface area contributed by atoms with E-state index in [2.05, 4.69) is 15.8 Å². The summed E-state index contributed by atoms with van der Waals surface area (Å²) < 4.78 is 5.06. The predicted molar refractivity (Wildman–Crippen MR) is 88.9 cm³/mol. The van der Waals surface area contributed by atoms with Crippen LogP contribution >= 0.6 is 0 Å². The van der Waals surface area contributed by atoms with Crippen LogP contribution in [0.25, 0.3) is 0 Å². The number of nitrogens with one attached hydrogen (secondary N) is 2. The second-order valence-corrected chi connectivity index (χ2v) is 5.38. The fraction of sp³-hybridized carbons (Fsp3) is 0.375. The van der Waals surface area contributed by atoms with Gasteiger partial charge in [-0.2, -0.15) is 0 Å². The summed E-state index contributed by atoms with van der Waals surface area (Å²) in [6.07, 6.45) is 0.975. The van der Waals surface area contributed by atoms with Crippen LogP contribution in [0, 0.1) is 24.0 Å². The standard InChI is InChI=1S/C16H20N4O4/c1-11-15(12(2)24-19-11)7-8-16(21)18-10-9-17-13-3-5-14(6-4-13)20(22)23/h3-6,17H,7-10H2,1-2H3,(H,18,21). The molecule has 0 aliphatic rings. The first kappa shape index (κ1) is 17.5. The largest absolute Gasteiger partial charge is 0.383 e. The minimum Gasteiger partial charge on any atom is -0.383 e. The topological polar surface area (TPSA) is 110 Å². The second kappa shape index (κ2) is 8.09. The highest BCUT2D eigenvalue weighted by Crippen LogP contribution is 2.15. The summed E-state index contributed by atoms with van der Waals surface area (Å²) in [5, 5.41) is 20.3. The summed E-state index contributed by atoms with van der Waals surface area (Å²) >= 11 is 0. The van der Waals surface area contributed by atoms with Gasteiger partial charge in [0.15, 0.2) is 0 Å². The van der Waals surface area contributed by atoms with Gasteiger partial charge < -0.3 is 15.2 Å². The first-order chi connectivity index (χ1) is 11.5. The molecule has 128 valence electrons. The molecule has 2 rings (SSSR count).